The monoisotopic (exact) mass is 271 g/mol. The molecule has 0 spiro atoms. The van der Waals surface area contributed by atoms with Gasteiger partial charge >= 0.3 is 0 Å². The fourth-order valence-corrected chi connectivity index (χ4v) is 1.97. The van der Waals surface area contributed by atoms with Gasteiger partial charge in [-0.15, -0.1) is 0 Å². The summed E-state index contributed by atoms with van der Waals surface area (Å²) in [7, 11) is 1.53. The molecule has 5 heteroatoms. The summed E-state index contributed by atoms with van der Waals surface area (Å²) in [6.45, 7) is 3.74. The predicted molar refractivity (Wildman–Crippen MR) is 77.6 cm³/mol. The lowest BCUT2D eigenvalue weighted by molar-refractivity contribution is -0.119. The first-order valence-corrected chi connectivity index (χ1v) is 6.38. The van der Waals surface area contributed by atoms with Crippen molar-refractivity contribution in [2.75, 3.05) is 13.6 Å². The van der Waals surface area contributed by atoms with Gasteiger partial charge in [-0.25, -0.2) is 0 Å². The molecule has 0 saturated heterocycles. The number of pyridine rings is 1. The van der Waals surface area contributed by atoms with Gasteiger partial charge in [-0.3, -0.25) is 14.6 Å². The molecule has 2 amide bonds. The number of nitrogens with one attached hydrogen (secondary N) is 2. The van der Waals surface area contributed by atoms with Crippen LogP contribution in [0, 0.1) is 13.8 Å². The highest BCUT2D eigenvalue weighted by Crippen LogP contribution is 2.18. The van der Waals surface area contributed by atoms with Crippen LogP contribution in [0.15, 0.2) is 24.3 Å². The van der Waals surface area contributed by atoms with Crippen molar-refractivity contribution in [1.29, 1.82) is 0 Å². The van der Waals surface area contributed by atoms with Gasteiger partial charge < -0.3 is 10.6 Å². The molecule has 1 heterocycles. The van der Waals surface area contributed by atoms with Gasteiger partial charge in [-0.05, 0) is 32.0 Å². The van der Waals surface area contributed by atoms with Crippen LogP contribution in [0.25, 0.3) is 10.9 Å². The molecule has 1 aromatic carbocycles. The normalized spacial score (nSPS) is 10.3. The van der Waals surface area contributed by atoms with Gasteiger partial charge in [0, 0.05) is 12.4 Å². The minimum atomic E-state index is -0.290. The average Bonchev–Trinajstić information content (AvgIpc) is 2.44. The number of fused-ring (bicyclic) bond motifs is 1. The first-order valence-electron chi connectivity index (χ1n) is 6.38. The summed E-state index contributed by atoms with van der Waals surface area (Å²) in [5.41, 5.74) is 3.11. The van der Waals surface area contributed by atoms with Crippen molar-refractivity contribution >= 4 is 22.7 Å². The summed E-state index contributed by atoms with van der Waals surface area (Å²) >= 11 is 0. The quantitative estimate of drug-likeness (QED) is 0.884. The molecule has 0 atom stereocenters. The SMILES string of the molecule is CNC(=O)CNC(=O)c1cc2cc(C)ccc2nc1C. The van der Waals surface area contributed by atoms with Crippen molar-refractivity contribution in [3.63, 3.8) is 0 Å². The maximum Gasteiger partial charge on any atom is 0.253 e. The molecule has 5 nitrogen and oxygen atoms in total. The van der Waals surface area contributed by atoms with Crippen LogP contribution < -0.4 is 10.6 Å². The Morgan fingerprint density at radius 1 is 1.20 bits per heavy atom. The molecule has 0 aliphatic carbocycles. The molecule has 2 rings (SSSR count). The van der Waals surface area contributed by atoms with Gasteiger partial charge in [-0.1, -0.05) is 11.6 Å². The number of hydrogen-bond donors (Lipinski definition) is 2. The summed E-state index contributed by atoms with van der Waals surface area (Å²) in [4.78, 5) is 27.7. The molecule has 0 radical (unpaired) electrons. The highest BCUT2D eigenvalue weighted by Gasteiger charge is 2.12. The lowest BCUT2D eigenvalue weighted by Gasteiger charge is -2.08. The number of rotatable bonds is 3. The fourth-order valence-electron chi connectivity index (χ4n) is 1.97. The van der Waals surface area contributed by atoms with Crippen LogP contribution in [-0.2, 0) is 4.79 Å². The van der Waals surface area contributed by atoms with Crippen LogP contribution in [0.1, 0.15) is 21.6 Å². The summed E-state index contributed by atoms with van der Waals surface area (Å²) < 4.78 is 0. The largest absolute Gasteiger partial charge is 0.358 e. The minimum Gasteiger partial charge on any atom is -0.358 e. The highest BCUT2D eigenvalue weighted by atomic mass is 16.2. The molecular formula is C15H17N3O2. The maximum absolute atomic E-state index is 12.1. The third-order valence-electron chi connectivity index (χ3n) is 3.09. The van der Waals surface area contributed by atoms with Crippen LogP contribution in [0.5, 0.6) is 0 Å². The Bertz CT molecular complexity index is 680. The van der Waals surface area contributed by atoms with E-state index in [-0.39, 0.29) is 18.4 Å². The van der Waals surface area contributed by atoms with Crippen LogP contribution in [0.3, 0.4) is 0 Å². The molecule has 20 heavy (non-hydrogen) atoms. The van der Waals surface area contributed by atoms with E-state index < -0.39 is 0 Å². The van der Waals surface area contributed by atoms with E-state index in [0.717, 1.165) is 16.5 Å². The zero-order valence-electron chi connectivity index (χ0n) is 11.8. The number of benzene rings is 1. The Balaban J connectivity index is 2.31. The Kier molecular flexibility index (Phi) is 3.98. The van der Waals surface area contributed by atoms with Crippen molar-refractivity contribution in [3.8, 4) is 0 Å². The fraction of sp³-hybridized carbons (Fsp3) is 0.267. The smallest absolute Gasteiger partial charge is 0.253 e. The summed E-state index contributed by atoms with van der Waals surface area (Å²) in [6.07, 6.45) is 0. The standard InChI is InChI=1S/C15H17N3O2/c1-9-4-5-13-11(6-9)7-12(10(2)18-13)15(20)17-8-14(19)16-3/h4-7H,8H2,1-3H3,(H,16,19)(H,17,20). The number of carbonyl (C=O) groups is 2. The summed E-state index contributed by atoms with van der Waals surface area (Å²) in [6, 6.07) is 7.71. The molecule has 2 aromatic rings. The molecule has 2 N–H and O–H groups in total. The second-order valence-electron chi connectivity index (χ2n) is 4.67. The van der Waals surface area contributed by atoms with Gasteiger partial charge in [-0.2, -0.15) is 0 Å². The minimum absolute atomic E-state index is 0.0410. The number of nitrogens with zero attached hydrogens (tertiary/aromatic N) is 1. The number of aryl methyl sites for hydroxylation is 2. The van der Waals surface area contributed by atoms with Crippen LogP contribution in [0.4, 0.5) is 0 Å². The third kappa shape index (κ3) is 2.93. The highest BCUT2D eigenvalue weighted by molar-refractivity contribution is 6.00. The van der Waals surface area contributed by atoms with Crippen molar-refractivity contribution < 1.29 is 9.59 Å². The lowest BCUT2D eigenvalue weighted by atomic mass is 10.1. The van der Waals surface area contributed by atoms with E-state index in [0.29, 0.717) is 11.3 Å². The van der Waals surface area contributed by atoms with E-state index >= 15 is 0 Å². The molecule has 1 aromatic heterocycles. The summed E-state index contributed by atoms with van der Waals surface area (Å²) in [5, 5.41) is 5.95. The van der Waals surface area contributed by atoms with E-state index in [1.54, 1.807) is 6.92 Å². The third-order valence-corrected chi connectivity index (χ3v) is 3.09. The van der Waals surface area contributed by atoms with Crippen LogP contribution in [0.2, 0.25) is 0 Å². The van der Waals surface area contributed by atoms with E-state index in [9.17, 15) is 9.59 Å². The second kappa shape index (κ2) is 5.69. The molecule has 0 aliphatic heterocycles. The van der Waals surface area contributed by atoms with Crippen molar-refractivity contribution in [3.05, 3.63) is 41.1 Å². The number of amides is 2. The first kappa shape index (κ1) is 14.0. The first-order chi connectivity index (χ1) is 9.51. The van der Waals surface area contributed by atoms with Crippen LogP contribution >= 0.6 is 0 Å². The maximum atomic E-state index is 12.1. The van der Waals surface area contributed by atoms with Gasteiger partial charge in [0.15, 0.2) is 0 Å². The van der Waals surface area contributed by atoms with E-state index in [1.165, 1.54) is 7.05 Å². The van der Waals surface area contributed by atoms with Crippen molar-refractivity contribution in [1.82, 2.24) is 15.6 Å². The topological polar surface area (TPSA) is 71.1 Å². The van der Waals surface area contributed by atoms with E-state index in [4.69, 9.17) is 0 Å². The summed E-state index contributed by atoms with van der Waals surface area (Å²) in [5.74, 6) is -0.525. The second-order valence-corrected chi connectivity index (χ2v) is 4.67. The zero-order valence-corrected chi connectivity index (χ0v) is 11.8. The van der Waals surface area contributed by atoms with Crippen molar-refractivity contribution in [2.45, 2.75) is 13.8 Å². The van der Waals surface area contributed by atoms with Crippen molar-refractivity contribution in [2.24, 2.45) is 0 Å². The van der Waals surface area contributed by atoms with Gasteiger partial charge in [0.2, 0.25) is 5.91 Å². The lowest BCUT2D eigenvalue weighted by Crippen LogP contribution is -2.35. The number of likely N-dealkylation sites (N-methyl/N-ethyl adjacent to an activating group) is 1. The average molecular weight is 271 g/mol. The predicted octanol–water partition coefficient (Wildman–Crippen LogP) is 1.33. The molecule has 0 bridgehead atoms. The van der Waals surface area contributed by atoms with Crippen LogP contribution in [-0.4, -0.2) is 30.4 Å². The molecule has 104 valence electrons. The number of aromatic nitrogens is 1. The molecule has 0 aliphatic rings. The van der Waals surface area contributed by atoms with Gasteiger partial charge in [0.05, 0.1) is 23.3 Å². The number of carbonyl (C=O) groups excluding carboxylic acids is 2. The zero-order chi connectivity index (χ0) is 14.7. The molecule has 0 fully saturated rings. The van der Waals surface area contributed by atoms with Gasteiger partial charge in [0.1, 0.15) is 0 Å². The molecular weight excluding hydrogens is 254 g/mol. The Morgan fingerprint density at radius 3 is 2.65 bits per heavy atom. The van der Waals surface area contributed by atoms with E-state index in [1.807, 2.05) is 31.2 Å². The Labute approximate surface area is 117 Å². The van der Waals surface area contributed by atoms with Gasteiger partial charge in [0.25, 0.3) is 5.91 Å². The molecule has 0 saturated carbocycles. The molecule has 0 unspecified atom stereocenters. The Morgan fingerprint density at radius 2 is 1.95 bits per heavy atom. The Hall–Kier alpha value is -2.43. The number of hydrogen-bond acceptors (Lipinski definition) is 3. The van der Waals surface area contributed by atoms with E-state index in [2.05, 4.69) is 15.6 Å².